The number of amides is 1. The quantitative estimate of drug-likeness (QED) is 0.391. The highest BCUT2D eigenvalue weighted by atomic mass is 32.1. The van der Waals surface area contributed by atoms with Crippen molar-refractivity contribution in [1.82, 2.24) is 0 Å². The highest BCUT2D eigenvalue weighted by Gasteiger charge is 2.45. The molecule has 6 rings (SSSR count). The van der Waals surface area contributed by atoms with Gasteiger partial charge in [0.05, 0.1) is 36.7 Å². The van der Waals surface area contributed by atoms with E-state index in [0.29, 0.717) is 18.4 Å². The number of fused-ring (bicyclic) bond motifs is 3. The molecule has 3 aliphatic rings. The Morgan fingerprint density at radius 3 is 2.48 bits per heavy atom. The van der Waals surface area contributed by atoms with E-state index in [0.717, 1.165) is 29.1 Å². The lowest BCUT2D eigenvalue weighted by Gasteiger charge is -2.52. The van der Waals surface area contributed by atoms with Gasteiger partial charge in [0.2, 0.25) is 0 Å². The van der Waals surface area contributed by atoms with E-state index in [-0.39, 0.29) is 6.09 Å². The molecule has 2 bridgehead atoms. The monoisotopic (exact) mass is 461 g/mol. The summed E-state index contributed by atoms with van der Waals surface area (Å²) in [5.41, 5.74) is 3.37. The van der Waals surface area contributed by atoms with Crippen LogP contribution in [-0.2, 0) is 11.2 Å². The van der Waals surface area contributed by atoms with Crippen molar-refractivity contribution >= 4 is 23.1 Å². The number of aryl methyl sites for hydroxylation is 1. The van der Waals surface area contributed by atoms with Crippen molar-refractivity contribution in [1.29, 1.82) is 0 Å². The number of carbonyl (C=O) groups is 1. The molecule has 1 amide bonds. The van der Waals surface area contributed by atoms with E-state index in [1.165, 1.54) is 48.9 Å². The number of benzene rings is 2. The lowest BCUT2D eigenvalue weighted by atomic mass is 9.77. The Bertz CT molecular complexity index is 1040. The molecule has 3 fully saturated rings. The van der Waals surface area contributed by atoms with Gasteiger partial charge in [0.1, 0.15) is 6.61 Å². The van der Waals surface area contributed by atoms with Crippen LogP contribution in [0.25, 0.3) is 10.4 Å². The lowest BCUT2D eigenvalue weighted by molar-refractivity contribution is -0.947. The first-order valence-electron chi connectivity index (χ1n) is 12.2. The predicted molar refractivity (Wildman–Crippen MR) is 135 cm³/mol. The maximum atomic E-state index is 12.6. The third kappa shape index (κ3) is 5.31. The zero-order valence-electron chi connectivity index (χ0n) is 19.1. The summed E-state index contributed by atoms with van der Waals surface area (Å²) in [6, 6.07) is 22.9. The molecule has 0 spiro atoms. The van der Waals surface area contributed by atoms with Crippen molar-refractivity contribution in [2.75, 3.05) is 38.1 Å². The number of carbonyl (C=O) groups excluding carboxylic acids is 1. The van der Waals surface area contributed by atoms with Gasteiger partial charge in [0, 0.05) is 25.2 Å². The number of rotatable bonds is 8. The minimum Gasteiger partial charge on any atom is -0.449 e. The molecule has 33 heavy (non-hydrogen) atoms. The van der Waals surface area contributed by atoms with Gasteiger partial charge in [-0.1, -0.05) is 60.7 Å². The summed E-state index contributed by atoms with van der Waals surface area (Å²) in [6.45, 7) is 5.50. The molecule has 3 saturated heterocycles. The summed E-state index contributed by atoms with van der Waals surface area (Å²) in [4.78, 5) is 13.7. The molecule has 4 nitrogen and oxygen atoms in total. The van der Waals surface area contributed by atoms with Crippen molar-refractivity contribution < 1.29 is 14.0 Å². The van der Waals surface area contributed by atoms with E-state index in [1.807, 2.05) is 29.6 Å². The summed E-state index contributed by atoms with van der Waals surface area (Å²) in [7, 11) is 0. The molecule has 5 heteroatoms. The van der Waals surface area contributed by atoms with Crippen molar-refractivity contribution in [3.05, 3.63) is 77.7 Å². The largest absolute Gasteiger partial charge is 0.449 e. The van der Waals surface area contributed by atoms with Gasteiger partial charge in [-0.25, -0.2) is 4.79 Å². The number of nitrogens with zero attached hydrogens (tertiary/aromatic N) is 1. The number of hydrogen-bond donors (Lipinski definition) is 1. The molecule has 3 aromatic rings. The summed E-state index contributed by atoms with van der Waals surface area (Å²) in [5.74, 6) is 1.18. The fraction of sp³-hybridized carbons (Fsp3) is 0.393. The molecule has 4 heterocycles. The van der Waals surface area contributed by atoms with Gasteiger partial charge in [-0.3, -0.25) is 5.32 Å². The van der Waals surface area contributed by atoms with Crippen LogP contribution in [0.2, 0.25) is 0 Å². The van der Waals surface area contributed by atoms with Crippen LogP contribution >= 0.6 is 11.3 Å². The molecule has 1 N–H and O–H groups in total. The Balaban J connectivity index is 1.13. The Labute approximate surface area is 200 Å². The maximum Gasteiger partial charge on any atom is 0.411 e. The van der Waals surface area contributed by atoms with Crippen LogP contribution in [0.15, 0.2) is 72.1 Å². The fourth-order valence-electron chi connectivity index (χ4n) is 5.75. The number of ether oxygens (including phenoxy) is 1. The highest BCUT2D eigenvalue weighted by molar-refractivity contribution is 7.14. The van der Waals surface area contributed by atoms with Gasteiger partial charge >= 0.3 is 6.09 Å². The van der Waals surface area contributed by atoms with Crippen LogP contribution in [0, 0.1) is 11.8 Å². The molecule has 1 aromatic heterocycles. The molecule has 0 aliphatic carbocycles. The van der Waals surface area contributed by atoms with Crippen LogP contribution in [0.1, 0.15) is 24.8 Å². The van der Waals surface area contributed by atoms with E-state index >= 15 is 0 Å². The smallest absolute Gasteiger partial charge is 0.411 e. The molecule has 2 aromatic carbocycles. The maximum absolute atomic E-state index is 12.6. The molecule has 3 aliphatic heterocycles. The standard InChI is InChI=1S/C28H32N2O2S/c31-28(29-26-15-19-33-27(26)24-11-5-2-6-12-24)32-21-25-20-30(17-13-23(25)14-18-30)16-7-10-22-8-3-1-4-9-22/h1-6,8-9,11-12,15,19,23,25H,7,10,13-14,16-18,20-21H2/p+1. The predicted octanol–water partition coefficient (Wildman–Crippen LogP) is 6.45. The van der Waals surface area contributed by atoms with Crippen molar-refractivity contribution in [3.63, 3.8) is 0 Å². The first-order chi connectivity index (χ1) is 16.2. The molecule has 0 radical (unpaired) electrons. The zero-order chi connectivity index (χ0) is 22.5. The normalized spacial score (nSPS) is 23.9. The van der Waals surface area contributed by atoms with E-state index in [2.05, 4.69) is 47.8 Å². The lowest BCUT2D eigenvalue weighted by Crippen LogP contribution is -2.62. The zero-order valence-corrected chi connectivity index (χ0v) is 19.9. The third-order valence-electron chi connectivity index (χ3n) is 7.54. The second kappa shape index (κ2) is 10.1. The number of thiophene rings is 1. The molecule has 1 unspecified atom stereocenters. The van der Waals surface area contributed by atoms with E-state index in [1.54, 1.807) is 11.3 Å². The molecule has 172 valence electrons. The average molecular weight is 462 g/mol. The summed E-state index contributed by atoms with van der Waals surface area (Å²) < 4.78 is 6.97. The van der Waals surface area contributed by atoms with E-state index < -0.39 is 0 Å². The van der Waals surface area contributed by atoms with Gasteiger partial charge in [-0.05, 0) is 34.9 Å². The Hall–Kier alpha value is -2.63. The molecule has 0 saturated carbocycles. The first-order valence-corrected chi connectivity index (χ1v) is 13.0. The average Bonchev–Trinajstić information content (AvgIpc) is 3.32. The van der Waals surface area contributed by atoms with Crippen molar-refractivity contribution in [3.8, 4) is 10.4 Å². The van der Waals surface area contributed by atoms with Gasteiger partial charge in [-0.15, -0.1) is 11.3 Å². The van der Waals surface area contributed by atoms with Gasteiger partial charge in [-0.2, -0.15) is 0 Å². The number of nitrogens with one attached hydrogen (secondary N) is 1. The minimum absolute atomic E-state index is 0.336. The Morgan fingerprint density at radius 1 is 1.00 bits per heavy atom. The number of quaternary nitrogens is 1. The second-order valence-corrected chi connectivity index (χ2v) is 10.6. The Morgan fingerprint density at radius 2 is 1.73 bits per heavy atom. The van der Waals surface area contributed by atoms with E-state index in [4.69, 9.17) is 4.74 Å². The topological polar surface area (TPSA) is 38.3 Å². The summed E-state index contributed by atoms with van der Waals surface area (Å²) in [5, 5.41) is 4.99. The molecule has 1 atom stereocenters. The van der Waals surface area contributed by atoms with Crippen LogP contribution in [0.3, 0.4) is 0 Å². The van der Waals surface area contributed by atoms with E-state index in [9.17, 15) is 4.79 Å². The number of piperidine rings is 3. The summed E-state index contributed by atoms with van der Waals surface area (Å²) >= 11 is 1.63. The molecular weight excluding hydrogens is 428 g/mol. The second-order valence-electron chi connectivity index (χ2n) is 9.63. The number of hydrogen-bond acceptors (Lipinski definition) is 3. The van der Waals surface area contributed by atoms with Crippen LogP contribution < -0.4 is 5.32 Å². The fourth-order valence-corrected chi connectivity index (χ4v) is 6.61. The van der Waals surface area contributed by atoms with Crippen molar-refractivity contribution in [2.45, 2.75) is 25.7 Å². The van der Waals surface area contributed by atoms with Crippen LogP contribution in [0.4, 0.5) is 10.5 Å². The third-order valence-corrected chi connectivity index (χ3v) is 8.51. The Kier molecular flexibility index (Phi) is 6.79. The molecular formula is C28H33N2O2S+. The summed E-state index contributed by atoms with van der Waals surface area (Å²) in [6.07, 6.45) is 4.58. The van der Waals surface area contributed by atoms with Crippen LogP contribution in [0.5, 0.6) is 0 Å². The van der Waals surface area contributed by atoms with Crippen LogP contribution in [-0.4, -0.2) is 43.4 Å². The first kappa shape index (κ1) is 22.2. The van der Waals surface area contributed by atoms with Gasteiger partial charge in [0.25, 0.3) is 0 Å². The minimum atomic E-state index is -0.336. The van der Waals surface area contributed by atoms with Gasteiger partial charge < -0.3 is 9.22 Å². The van der Waals surface area contributed by atoms with Gasteiger partial charge in [0.15, 0.2) is 0 Å². The highest BCUT2D eigenvalue weighted by Crippen LogP contribution is 2.38. The SMILES string of the molecule is O=C(Nc1ccsc1-c1ccccc1)OCC1C[N+]2(CCCc3ccccc3)CCC1CC2. The van der Waals surface area contributed by atoms with Crippen molar-refractivity contribution in [2.24, 2.45) is 11.8 Å². The number of anilines is 1.